The topological polar surface area (TPSA) is 54.4 Å². The van der Waals surface area contributed by atoms with Gasteiger partial charge in [0.05, 0.1) is 0 Å². The van der Waals surface area contributed by atoms with Crippen LogP contribution in [0.5, 0.6) is 5.75 Å². The molecule has 1 N–H and O–H groups in total. The first-order valence-electron chi connectivity index (χ1n) is 2.95. The van der Waals surface area contributed by atoms with Gasteiger partial charge in [0.15, 0.2) is 11.6 Å². The molecule has 0 amide bonds. The Bertz CT molecular complexity index is 443. The molecule has 3 nitrogen and oxygen atoms in total. The zero-order valence-corrected chi connectivity index (χ0v) is 7.53. The number of aromatic hydroxyl groups is 1. The second-order valence-corrected chi connectivity index (χ2v) is 4.71. The minimum absolute atomic E-state index is 0.348. The van der Waals surface area contributed by atoms with E-state index in [1.54, 1.807) is 0 Å². The fraction of sp³-hybridized carbons (Fsp3) is 0. The third-order valence-electron chi connectivity index (χ3n) is 1.26. The highest BCUT2D eigenvalue weighted by Gasteiger charge is 2.20. The third kappa shape index (κ3) is 2.07. The Labute approximate surface area is 77.0 Å². The lowest BCUT2D eigenvalue weighted by Gasteiger charge is -2.01. The number of phenolic OH excluding ortho intramolecular Hbond substituents is 1. The van der Waals surface area contributed by atoms with Crippen molar-refractivity contribution in [1.82, 2.24) is 0 Å². The second kappa shape index (κ2) is 3.12. The average molecular weight is 229 g/mol. The summed E-state index contributed by atoms with van der Waals surface area (Å²) in [5.41, 5.74) is 0. The van der Waals surface area contributed by atoms with Crippen molar-refractivity contribution in [2.75, 3.05) is 0 Å². The van der Waals surface area contributed by atoms with Crippen LogP contribution in [-0.4, -0.2) is 13.5 Å². The molecule has 13 heavy (non-hydrogen) atoms. The number of benzene rings is 1. The molecule has 0 atom stereocenters. The van der Waals surface area contributed by atoms with E-state index in [0.29, 0.717) is 12.1 Å². The molecule has 0 saturated carbocycles. The number of phenols is 1. The van der Waals surface area contributed by atoms with Crippen molar-refractivity contribution in [3.63, 3.8) is 0 Å². The Balaban J connectivity index is 3.56. The van der Waals surface area contributed by atoms with Crippen LogP contribution in [0, 0.1) is 11.6 Å². The van der Waals surface area contributed by atoms with Crippen molar-refractivity contribution >= 4 is 19.7 Å². The van der Waals surface area contributed by atoms with E-state index in [1.165, 1.54) is 0 Å². The van der Waals surface area contributed by atoms with Crippen LogP contribution in [-0.2, 0) is 9.05 Å². The fourth-order valence-electron chi connectivity index (χ4n) is 0.728. The summed E-state index contributed by atoms with van der Waals surface area (Å²) in [7, 11) is 0.450. The molecule has 0 heterocycles. The summed E-state index contributed by atoms with van der Waals surface area (Å²) in [6, 6.07) is 0.779. The Morgan fingerprint density at radius 1 is 1.31 bits per heavy atom. The van der Waals surface area contributed by atoms with Crippen molar-refractivity contribution in [3.05, 3.63) is 23.8 Å². The fourth-order valence-corrected chi connectivity index (χ4v) is 1.66. The van der Waals surface area contributed by atoms with E-state index in [4.69, 9.17) is 15.8 Å². The standard InChI is InChI=1S/C6H3ClF2O3S/c7-13(11,12)5-2-3(8)1-4(9)6(5)10/h1-2,10H. The van der Waals surface area contributed by atoms with E-state index in [2.05, 4.69) is 0 Å². The van der Waals surface area contributed by atoms with E-state index in [-0.39, 0.29) is 0 Å². The van der Waals surface area contributed by atoms with E-state index in [1.807, 2.05) is 0 Å². The van der Waals surface area contributed by atoms with E-state index in [0.717, 1.165) is 0 Å². The van der Waals surface area contributed by atoms with Crippen LogP contribution < -0.4 is 0 Å². The Kier molecular flexibility index (Phi) is 2.44. The van der Waals surface area contributed by atoms with Gasteiger partial charge in [-0.15, -0.1) is 0 Å². The summed E-state index contributed by atoms with van der Waals surface area (Å²) in [4.78, 5) is -0.980. The monoisotopic (exact) mass is 228 g/mol. The number of hydrogen-bond acceptors (Lipinski definition) is 3. The van der Waals surface area contributed by atoms with Gasteiger partial charge in [-0.2, -0.15) is 0 Å². The quantitative estimate of drug-likeness (QED) is 0.743. The summed E-state index contributed by atoms with van der Waals surface area (Å²) in [5.74, 6) is -3.69. The van der Waals surface area contributed by atoms with Gasteiger partial charge in [0.2, 0.25) is 0 Å². The average Bonchev–Trinajstić information content (AvgIpc) is 1.94. The third-order valence-corrected chi connectivity index (χ3v) is 2.59. The molecule has 1 rings (SSSR count). The van der Waals surface area contributed by atoms with Crippen LogP contribution in [0.2, 0.25) is 0 Å². The highest BCUT2D eigenvalue weighted by molar-refractivity contribution is 8.13. The van der Waals surface area contributed by atoms with Crippen LogP contribution >= 0.6 is 10.7 Å². The van der Waals surface area contributed by atoms with E-state index in [9.17, 15) is 17.2 Å². The largest absolute Gasteiger partial charge is 0.504 e. The molecule has 1 aromatic rings. The van der Waals surface area contributed by atoms with Crippen LogP contribution in [0.15, 0.2) is 17.0 Å². The molecule has 1 aromatic carbocycles. The van der Waals surface area contributed by atoms with Crippen molar-refractivity contribution in [2.45, 2.75) is 4.90 Å². The smallest absolute Gasteiger partial charge is 0.265 e. The molecular weight excluding hydrogens is 226 g/mol. The summed E-state index contributed by atoms with van der Waals surface area (Å²) in [6.45, 7) is 0. The predicted octanol–water partition coefficient (Wildman–Crippen LogP) is 1.60. The molecule has 0 saturated heterocycles. The van der Waals surface area contributed by atoms with E-state index >= 15 is 0 Å². The highest BCUT2D eigenvalue weighted by Crippen LogP contribution is 2.29. The molecule has 72 valence electrons. The van der Waals surface area contributed by atoms with Gasteiger partial charge in [-0.3, -0.25) is 0 Å². The van der Waals surface area contributed by atoms with Crippen LogP contribution in [0.25, 0.3) is 0 Å². The molecule has 0 fully saturated rings. The molecular formula is C6H3ClF2O3S. The highest BCUT2D eigenvalue weighted by atomic mass is 35.7. The number of hydrogen-bond donors (Lipinski definition) is 1. The maximum atomic E-state index is 12.6. The molecule has 0 radical (unpaired) electrons. The van der Waals surface area contributed by atoms with Gasteiger partial charge in [-0.1, -0.05) is 0 Å². The molecule has 7 heteroatoms. The molecule has 0 aromatic heterocycles. The lowest BCUT2D eigenvalue weighted by Crippen LogP contribution is -1.94. The Morgan fingerprint density at radius 2 is 1.85 bits per heavy atom. The second-order valence-electron chi connectivity index (χ2n) is 2.17. The number of rotatable bonds is 1. The van der Waals surface area contributed by atoms with Crippen molar-refractivity contribution in [2.24, 2.45) is 0 Å². The first-order valence-corrected chi connectivity index (χ1v) is 5.26. The molecule has 0 aliphatic rings. The first kappa shape index (κ1) is 10.2. The predicted molar refractivity (Wildman–Crippen MR) is 41.1 cm³/mol. The first-order chi connectivity index (χ1) is 5.82. The molecule has 0 aliphatic heterocycles. The van der Waals surface area contributed by atoms with Crippen LogP contribution in [0.4, 0.5) is 8.78 Å². The minimum atomic E-state index is -4.34. The Morgan fingerprint density at radius 3 is 2.31 bits per heavy atom. The SMILES string of the molecule is O=S(=O)(Cl)c1cc(F)cc(F)c1O. The van der Waals surface area contributed by atoms with Crippen molar-refractivity contribution < 1.29 is 22.3 Å². The molecule has 0 spiro atoms. The zero-order chi connectivity index (χ0) is 10.2. The minimum Gasteiger partial charge on any atom is -0.504 e. The van der Waals surface area contributed by atoms with Crippen molar-refractivity contribution in [3.8, 4) is 5.75 Å². The summed E-state index contributed by atoms with van der Waals surface area (Å²) in [5, 5.41) is 8.85. The van der Waals surface area contributed by atoms with Gasteiger partial charge in [-0.05, 0) is 6.07 Å². The Hall–Kier alpha value is -0.880. The maximum absolute atomic E-state index is 12.6. The lowest BCUT2D eigenvalue weighted by molar-refractivity contribution is 0.412. The van der Waals surface area contributed by atoms with Crippen LogP contribution in [0.3, 0.4) is 0 Å². The van der Waals surface area contributed by atoms with Crippen molar-refractivity contribution in [1.29, 1.82) is 0 Å². The van der Waals surface area contributed by atoms with Gasteiger partial charge in [0.25, 0.3) is 9.05 Å². The number of halogens is 3. The summed E-state index contributed by atoms with van der Waals surface area (Å²) in [6.07, 6.45) is 0. The van der Waals surface area contributed by atoms with Gasteiger partial charge in [0, 0.05) is 16.7 Å². The summed E-state index contributed by atoms with van der Waals surface area (Å²) < 4.78 is 46.3. The zero-order valence-electron chi connectivity index (χ0n) is 5.96. The molecule has 0 aliphatic carbocycles. The van der Waals surface area contributed by atoms with Gasteiger partial charge >= 0.3 is 0 Å². The van der Waals surface area contributed by atoms with Gasteiger partial charge in [-0.25, -0.2) is 17.2 Å². The van der Waals surface area contributed by atoms with E-state index < -0.39 is 31.3 Å². The lowest BCUT2D eigenvalue weighted by atomic mass is 10.3. The molecule has 0 unspecified atom stereocenters. The molecule has 0 bridgehead atoms. The van der Waals surface area contributed by atoms with Gasteiger partial charge < -0.3 is 5.11 Å². The normalized spacial score (nSPS) is 11.6. The van der Waals surface area contributed by atoms with Gasteiger partial charge in [0.1, 0.15) is 10.7 Å². The van der Waals surface area contributed by atoms with Crippen LogP contribution in [0.1, 0.15) is 0 Å². The summed E-state index contributed by atoms with van der Waals surface area (Å²) >= 11 is 0. The maximum Gasteiger partial charge on any atom is 0.265 e.